The van der Waals surface area contributed by atoms with E-state index in [0.717, 1.165) is 5.33 Å². The van der Waals surface area contributed by atoms with Crippen LogP contribution >= 0.6 is 27.5 Å². The molecule has 1 unspecified atom stereocenters. The van der Waals surface area contributed by atoms with Gasteiger partial charge in [0.1, 0.15) is 11.5 Å². The molecule has 2 rings (SSSR count). The van der Waals surface area contributed by atoms with E-state index in [4.69, 9.17) is 21.1 Å². The zero-order valence-electron chi connectivity index (χ0n) is 10.8. The lowest BCUT2D eigenvalue weighted by Gasteiger charge is -2.20. The van der Waals surface area contributed by atoms with Gasteiger partial charge in [-0.25, -0.2) is 0 Å². The predicted molar refractivity (Wildman–Crippen MR) is 78.8 cm³/mol. The summed E-state index contributed by atoms with van der Waals surface area (Å²) < 4.78 is 10.5. The maximum Gasteiger partial charge on any atom is 0.227 e. The van der Waals surface area contributed by atoms with Crippen LogP contribution in [0, 0.1) is 5.92 Å². The van der Waals surface area contributed by atoms with E-state index in [1.54, 1.807) is 31.3 Å². The van der Waals surface area contributed by atoms with Crippen LogP contribution in [0.15, 0.2) is 12.1 Å². The number of alkyl halides is 1. The van der Waals surface area contributed by atoms with E-state index >= 15 is 0 Å². The van der Waals surface area contributed by atoms with Crippen molar-refractivity contribution in [2.45, 2.75) is 6.42 Å². The molecule has 6 heteroatoms. The molecule has 1 aliphatic heterocycles. The molecule has 1 amide bonds. The Morgan fingerprint density at radius 3 is 2.58 bits per heavy atom. The van der Waals surface area contributed by atoms with Gasteiger partial charge in [-0.3, -0.25) is 4.79 Å². The first kappa shape index (κ1) is 14.5. The average molecular weight is 349 g/mol. The van der Waals surface area contributed by atoms with E-state index in [9.17, 15) is 4.79 Å². The number of carbonyl (C=O) groups excluding carboxylic acids is 1. The third-order valence-corrected chi connectivity index (χ3v) is 4.38. The van der Waals surface area contributed by atoms with Crippen LogP contribution in [0.3, 0.4) is 0 Å². The number of anilines is 1. The smallest absolute Gasteiger partial charge is 0.227 e. The van der Waals surface area contributed by atoms with Crippen molar-refractivity contribution < 1.29 is 14.3 Å². The van der Waals surface area contributed by atoms with Gasteiger partial charge in [0.25, 0.3) is 0 Å². The number of benzene rings is 1. The molecular weight excluding hydrogens is 334 g/mol. The van der Waals surface area contributed by atoms with Crippen LogP contribution in [0.25, 0.3) is 0 Å². The van der Waals surface area contributed by atoms with Gasteiger partial charge < -0.3 is 14.4 Å². The highest BCUT2D eigenvalue weighted by Gasteiger charge is 2.32. The first-order valence-corrected chi connectivity index (χ1v) is 7.38. The van der Waals surface area contributed by atoms with Gasteiger partial charge >= 0.3 is 0 Å². The van der Waals surface area contributed by atoms with Crippen LogP contribution in [0.4, 0.5) is 5.69 Å². The minimum absolute atomic E-state index is 0.0870. The number of amides is 1. The molecule has 1 heterocycles. The third-order valence-electron chi connectivity index (χ3n) is 3.17. The largest absolute Gasteiger partial charge is 0.495 e. The monoisotopic (exact) mass is 347 g/mol. The van der Waals surface area contributed by atoms with Crippen molar-refractivity contribution in [2.75, 3.05) is 31.0 Å². The molecule has 104 valence electrons. The second-order valence-corrected chi connectivity index (χ2v) is 5.44. The Labute approximate surface area is 125 Å². The molecule has 0 aromatic heterocycles. The summed E-state index contributed by atoms with van der Waals surface area (Å²) in [7, 11) is 3.11. The fraction of sp³-hybridized carbons (Fsp3) is 0.462. The van der Waals surface area contributed by atoms with Gasteiger partial charge in [0.2, 0.25) is 5.91 Å². The SMILES string of the molecule is COc1cc(OC)c(N2CC(CBr)CC2=O)cc1Cl. The van der Waals surface area contributed by atoms with Crippen LogP contribution in [0.2, 0.25) is 5.02 Å². The van der Waals surface area contributed by atoms with Gasteiger partial charge in [-0.1, -0.05) is 27.5 Å². The van der Waals surface area contributed by atoms with Gasteiger partial charge in [0.05, 0.1) is 24.9 Å². The lowest BCUT2D eigenvalue weighted by Crippen LogP contribution is -2.25. The van der Waals surface area contributed by atoms with E-state index in [1.807, 2.05) is 0 Å². The molecule has 1 fully saturated rings. The molecule has 1 aromatic rings. The Hall–Kier alpha value is -0.940. The highest BCUT2D eigenvalue weighted by atomic mass is 79.9. The number of rotatable bonds is 4. The van der Waals surface area contributed by atoms with Gasteiger partial charge in [-0.2, -0.15) is 0 Å². The maximum absolute atomic E-state index is 12.1. The van der Waals surface area contributed by atoms with Crippen LogP contribution in [-0.2, 0) is 4.79 Å². The summed E-state index contributed by atoms with van der Waals surface area (Å²) in [5.74, 6) is 1.53. The van der Waals surface area contributed by atoms with E-state index in [0.29, 0.717) is 41.1 Å². The molecule has 0 bridgehead atoms. The molecule has 0 radical (unpaired) electrons. The summed E-state index contributed by atoms with van der Waals surface area (Å²) in [6, 6.07) is 3.42. The molecule has 1 aliphatic rings. The van der Waals surface area contributed by atoms with Gasteiger partial charge in [-0.15, -0.1) is 0 Å². The standard InChI is InChI=1S/C13H15BrClNO3/c1-18-11-5-12(19-2)10(4-9(11)15)16-7-8(6-14)3-13(16)17/h4-5,8H,3,6-7H2,1-2H3. The first-order chi connectivity index (χ1) is 9.10. The minimum atomic E-state index is 0.0870. The zero-order valence-corrected chi connectivity index (χ0v) is 13.1. The summed E-state index contributed by atoms with van der Waals surface area (Å²) in [6.07, 6.45) is 0.540. The number of hydrogen-bond acceptors (Lipinski definition) is 3. The van der Waals surface area contributed by atoms with E-state index in [-0.39, 0.29) is 5.91 Å². The first-order valence-electron chi connectivity index (χ1n) is 5.88. The fourth-order valence-corrected chi connectivity index (χ4v) is 2.84. The summed E-state index contributed by atoms with van der Waals surface area (Å²) in [5, 5.41) is 1.27. The van der Waals surface area contributed by atoms with Gasteiger partial charge in [-0.05, 0) is 12.0 Å². The molecular formula is C13H15BrClNO3. The zero-order chi connectivity index (χ0) is 14.0. The number of methoxy groups -OCH3 is 2. The van der Waals surface area contributed by atoms with E-state index in [2.05, 4.69) is 15.9 Å². The molecule has 4 nitrogen and oxygen atoms in total. The van der Waals surface area contributed by atoms with Gasteiger partial charge in [0.15, 0.2) is 0 Å². The topological polar surface area (TPSA) is 38.8 Å². The summed E-state index contributed by atoms with van der Waals surface area (Å²) in [4.78, 5) is 13.8. The van der Waals surface area contributed by atoms with Crippen molar-refractivity contribution in [1.82, 2.24) is 0 Å². The lowest BCUT2D eigenvalue weighted by molar-refractivity contribution is -0.117. The Kier molecular flexibility index (Phi) is 4.58. The second kappa shape index (κ2) is 6.01. The van der Waals surface area contributed by atoms with Crippen molar-refractivity contribution in [3.8, 4) is 11.5 Å². The molecule has 1 atom stereocenters. The van der Waals surface area contributed by atoms with E-state index in [1.165, 1.54) is 0 Å². The van der Waals surface area contributed by atoms with Crippen LogP contribution in [-0.4, -0.2) is 32.0 Å². The number of nitrogens with zero attached hydrogens (tertiary/aromatic N) is 1. The molecule has 0 N–H and O–H groups in total. The van der Waals surface area contributed by atoms with Crippen LogP contribution in [0.1, 0.15) is 6.42 Å². The predicted octanol–water partition coefficient (Wildman–Crippen LogP) is 3.11. The van der Waals surface area contributed by atoms with Crippen LogP contribution < -0.4 is 14.4 Å². The maximum atomic E-state index is 12.1. The Balaban J connectivity index is 2.39. The molecule has 1 aromatic carbocycles. The molecule has 0 spiro atoms. The summed E-state index contributed by atoms with van der Waals surface area (Å²) in [5.41, 5.74) is 0.696. The molecule has 0 saturated carbocycles. The Morgan fingerprint density at radius 1 is 1.37 bits per heavy atom. The van der Waals surface area contributed by atoms with Crippen molar-refractivity contribution in [3.05, 3.63) is 17.2 Å². The molecule has 0 aliphatic carbocycles. The second-order valence-electron chi connectivity index (χ2n) is 4.39. The summed E-state index contributed by atoms with van der Waals surface area (Å²) >= 11 is 9.55. The fourth-order valence-electron chi connectivity index (χ4n) is 2.17. The van der Waals surface area contributed by atoms with Crippen molar-refractivity contribution >= 4 is 39.1 Å². The number of ether oxygens (including phenoxy) is 2. The van der Waals surface area contributed by atoms with Crippen molar-refractivity contribution in [3.63, 3.8) is 0 Å². The highest BCUT2D eigenvalue weighted by molar-refractivity contribution is 9.09. The van der Waals surface area contributed by atoms with E-state index < -0.39 is 0 Å². The van der Waals surface area contributed by atoms with Gasteiger partial charge in [0, 0.05) is 24.4 Å². The number of hydrogen-bond donors (Lipinski definition) is 0. The van der Waals surface area contributed by atoms with Crippen molar-refractivity contribution in [1.29, 1.82) is 0 Å². The highest BCUT2D eigenvalue weighted by Crippen LogP contribution is 2.40. The van der Waals surface area contributed by atoms with Crippen molar-refractivity contribution in [2.24, 2.45) is 5.92 Å². The lowest BCUT2D eigenvalue weighted by atomic mass is 10.2. The average Bonchev–Trinajstić information content (AvgIpc) is 2.79. The normalized spacial score (nSPS) is 18.8. The van der Waals surface area contributed by atoms with Crippen LogP contribution in [0.5, 0.6) is 11.5 Å². The molecule has 19 heavy (non-hydrogen) atoms. The minimum Gasteiger partial charge on any atom is -0.495 e. The molecule has 1 saturated heterocycles. The summed E-state index contributed by atoms with van der Waals surface area (Å²) in [6.45, 7) is 0.670. The quantitative estimate of drug-likeness (QED) is 0.785. The Morgan fingerprint density at radius 2 is 2.05 bits per heavy atom. The third kappa shape index (κ3) is 2.82. The Bertz CT molecular complexity index is 495. The number of carbonyl (C=O) groups is 1. The number of halogens is 2.